The van der Waals surface area contributed by atoms with E-state index in [1.165, 1.54) is 7.11 Å². The van der Waals surface area contributed by atoms with Gasteiger partial charge in [0.2, 0.25) is 0 Å². The van der Waals surface area contributed by atoms with E-state index in [0.717, 1.165) is 53.6 Å². The molecule has 27 heavy (non-hydrogen) atoms. The molecule has 0 fully saturated rings. The Morgan fingerprint density at radius 1 is 1.22 bits per heavy atom. The number of rotatable bonds is 5. The second-order valence-electron chi connectivity index (χ2n) is 8.03. The van der Waals surface area contributed by atoms with Gasteiger partial charge in [-0.05, 0) is 35.6 Å². The van der Waals surface area contributed by atoms with Gasteiger partial charge in [-0.25, -0.2) is 4.79 Å². The minimum Gasteiger partial charge on any atom is -0.465 e. The van der Waals surface area contributed by atoms with Crippen LogP contribution in [-0.2, 0) is 16.7 Å². The predicted octanol–water partition coefficient (Wildman–Crippen LogP) is 5.04. The summed E-state index contributed by atoms with van der Waals surface area (Å²) in [5.41, 5.74) is 4.99. The van der Waals surface area contributed by atoms with Crippen molar-refractivity contribution in [2.75, 3.05) is 7.11 Å². The van der Waals surface area contributed by atoms with Crippen molar-refractivity contribution in [1.29, 1.82) is 5.26 Å². The van der Waals surface area contributed by atoms with Gasteiger partial charge < -0.3 is 9.30 Å². The third-order valence-corrected chi connectivity index (χ3v) is 5.09. The van der Waals surface area contributed by atoms with Gasteiger partial charge in [0, 0.05) is 12.7 Å². The maximum Gasteiger partial charge on any atom is 0.337 e. The number of hydrogen-bond donors (Lipinski definition) is 0. The van der Waals surface area contributed by atoms with Crippen LogP contribution in [-0.4, -0.2) is 22.0 Å². The average Bonchev–Trinajstić information content (AvgIpc) is 3.16. The van der Waals surface area contributed by atoms with Crippen LogP contribution in [0.4, 0.5) is 0 Å². The Morgan fingerprint density at radius 3 is 2.56 bits per heavy atom. The van der Waals surface area contributed by atoms with Gasteiger partial charge in [-0.1, -0.05) is 40.5 Å². The lowest BCUT2D eigenvalue weighted by Crippen LogP contribution is -2.12. The molecule has 0 atom stereocenters. The number of carbonyl (C=O) groups excluding carboxylic acids is 1. The molecule has 0 bridgehead atoms. The molecule has 3 aromatic rings. The molecular formula is C22H27N3O2. The van der Waals surface area contributed by atoms with E-state index in [2.05, 4.69) is 42.7 Å². The molecule has 0 saturated carbocycles. The van der Waals surface area contributed by atoms with Gasteiger partial charge in [0.25, 0.3) is 0 Å². The predicted molar refractivity (Wildman–Crippen MR) is 107 cm³/mol. The Balaban J connectivity index is 2.35. The highest BCUT2D eigenvalue weighted by atomic mass is 16.5. The molecule has 5 nitrogen and oxygen atoms in total. The first-order valence-electron chi connectivity index (χ1n) is 9.49. The van der Waals surface area contributed by atoms with Crippen molar-refractivity contribution >= 4 is 22.6 Å². The maximum absolute atomic E-state index is 12.0. The highest BCUT2D eigenvalue weighted by Crippen LogP contribution is 2.34. The fourth-order valence-electron chi connectivity index (χ4n) is 3.67. The third-order valence-electron chi connectivity index (χ3n) is 5.09. The third kappa shape index (κ3) is 3.21. The minimum absolute atomic E-state index is 0.141. The molecule has 1 aromatic carbocycles. The Kier molecular flexibility index (Phi) is 5.01. The van der Waals surface area contributed by atoms with Crippen LogP contribution < -0.4 is 0 Å². The lowest BCUT2D eigenvalue weighted by atomic mass is 9.86. The Bertz CT molecular complexity index is 1040. The van der Waals surface area contributed by atoms with Crippen LogP contribution in [0.5, 0.6) is 0 Å². The van der Waals surface area contributed by atoms with Crippen LogP contribution in [0.15, 0.2) is 24.4 Å². The molecule has 0 radical (unpaired) electrons. The van der Waals surface area contributed by atoms with E-state index in [-0.39, 0.29) is 11.4 Å². The molecule has 5 heteroatoms. The van der Waals surface area contributed by atoms with Gasteiger partial charge in [-0.15, -0.1) is 0 Å². The Labute approximate surface area is 160 Å². The summed E-state index contributed by atoms with van der Waals surface area (Å²) in [5.74, 6) is -0.354. The van der Waals surface area contributed by atoms with E-state index in [1.807, 2.05) is 18.3 Å². The fourth-order valence-corrected chi connectivity index (χ4v) is 3.67. The summed E-state index contributed by atoms with van der Waals surface area (Å²) in [4.78, 5) is 12.0. The second kappa shape index (κ2) is 7.11. The zero-order valence-electron chi connectivity index (χ0n) is 16.8. The summed E-state index contributed by atoms with van der Waals surface area (Å²) in [6.45, 7) is 9.38. The van der Waals surface area contributed by atoms with Gasteiger partial charge in [0.15, 0.2) is 0 Å². The molecule has 0 amide bonds. The van der Waals surface area contributed by atoms with Crippen molar-refractivity contribution in [2.45, 2.75) is 58.9 Å². The molecule has 0 saturated heterocycles. The van der Waals surface area contributed by atoms with Crippen LogP contribution in [0.2, 0.25) is 0 Å². The van der Waals surface area contributed by atoms with Gasteiger partial charge in [-0.3, -0.25) is 4.40 Å². The Hall–Kier alpha value is -2.74. The molecule has 0 N–H and O–H groups in total. The van der Waals surface area contributed by atoms with E-state index in [1.54, 1.807) is 6.07 Å². The number of esters is 1. The number of methoxy groups -OCH3 is 1. The van der Waals surface area contributed by atoms with Crippen molar-refractivity contribution in [3.05, 3.63) is 41.1 Å². The number of unbranched alkanes of at least 4 members (excludes halogenated alkanes) is 2. The van der Waals surface area contributed by atoms with E-state index in [9.17, 15) is 10.1 Å². The molecule has 0 aliphatic rings. The van der Waals surface area contributed by atoms with E-state index in [4.69, 9.17) is 4.74 Å². The van der Waals surface area contributed by atoms with Gasteiger partial charge >= 0.3 is 5.97 Å². The summed E-state index contributed by atoms with van der Waals surface area (Å²) in [6.07, 6.45) is 5.38. The van der Waals surface area contributed by atoms with E-state index >= 15 is 0 Å². The van der Waals surface area contributed by atoms with Gasteiger partial charge in [0.05, 0.1) is 29.3 Å². The van der Waals surface area contributed by atoms with Crippen molar-refractivity contribution < 1.29 is 9.53 Å². The summed E-state index contributed by atoms with van der Waals surface area (Å²) in [7, 11) is 1.39. The van der Waals surface area contributed by atoms with Crippen LogP contribution >= 0.6 is 0 Å². The molecule has 0 unspecified atom stereocenters. The highest BCUT2D eigenvalue weighted by Gasteiger charge is 2.26. The van der Waals surface area contributed by atoms with Gasteiger partial charge in [-0.2, -0.15) is 5.26 Å². The van der Waals surface area contributed by atoms with Crippen molar-refractivity contribution in [2.24, 2.45) is 0 Å². The van der Waals surface area contributed by atoms with E-state index < -0.39 is 0 Å². The number of nitriles is 1. The lowest BCUT2D eigenvalue weighted by molar-refractivity contribution is 0.0601. The maximum atomic E-state index is 12.0. The van der Waals surface area contributed by atoms with Crippen LogP contribution in [0.25, 0.3) is 16.7 Å². The monoisotopic (exact) mass is 365 g/mol. The van der Waals surface area contributed by atoms with E-state index in [0.29, 0.717) is 5.56 Å². The standard InChI is InChI=1S/C22H27N3O2/c1-6-7-8-11-24-18-10-9-15(21(26)27-5)12-19(18)25-14-17(22(2,3)4)16(13-23)20(24)25/h9-10,12,14H,6-8,11H2,1-5H3. The number of hydrogen-bond acceptors (Lipinski definition) is 3. The first-order chi connectivity index (χ1) is 12.8. The quantitative estimate of drug-likeness (QED) is 0.470. The smallest absolute Gasteiger partial charge is 0.337 e. The van der Waals surface area contributed by atoms with Crippen molar-refractivity contribution in [3.8, 4) is 6.07 Å². The normalized spacial score (nSPS) is 11.9. The number of fused-ring (bicyclic) bond motifs is 3. The number of ether oxygens (including phenoxy) is 1. The SMILES string of the molecule is CCCCCn1c2ccc(C(=O)OC)cc2n2cc(C(C)(C)C)c(C#N)c12. The molecule has 0 spiro atoms. The number of benzene rings is 1. The molecule has 0 aliphatic heterocycles. The number of aromatic nitrogens is 2. The average molecular weight is 365 g/mol. The zero-order chi connectivity index (χ0) is 19.8. The largest absolute Gasteiger partial charge is 0.465 e. The molecular weight excluding hydrogens is 338 g/mol. The molecule has 142 valence electrons. The van der Waals surface area contributed by atoms with Crippen LogP contribution in [0, 0.1) is 11.3 Å². The number of nitrogens with zero attached hydrogens (tertiary/aromatic N) is 3. The minimum atomic E-state index is -0.354. The zero-order valence-corrected chi connectivity index (χ0v) is 16.8. The summed E-state index contributed by atoms with van der Waals surface area (Å²) < 4.78 is 9.16. The second-order valence-corrected chi connectivity index (χ2v) is 8.03. The first kappa shape index (κ1) is 19.0. The topological polar surface area (TPSA) is 59.4 Å². The van der Waals surface area contributed by atoms with Crippen LogP contribution in [0.1, 0.15) is 68.4 Å². The molecule has 3 rings (SSSR count). The molecule has 2 aromatic heterocycles. The summed E-state index contributed by atoms with van der Waals surface area (Å²) in [6, 6.07) is 8.04. The van der Waals surface area contributed by atoms with Crippen molar-refractivity contribution in [1.82, 2.24) is 8.97 Å². The van der Waals surface area contributed by atoms with Crippen molar-refractivity contribution in [3.63, 3.8) is 0 Å². The molecule has 0 aliphatic carbocycles. The van der Waals surface area contributed by atoms with Gasteiger partial charge in [0.1, 0.15) is 11.7 Å². The number of imidazole rings is 1. The number of carbonyl (C=O) groups is 1. The fraction of sp³-hybridized carbons (Fsp3) is 0.455. The first-order valence-corrected chi connectivity index (χ1v) is 9.49. The van der Waals surface area contributed by atoms with Crippen LogP contribution in [0.3, 0.4) is 0 Å². The lowest BCUT2D eigenvalue weighted by Gasteiger charge is -2.17. The number of aryl methyl sites for hydroxylation is 1. The Morgan fingerprint density at radius 2 is 1.96 bits per heavy atom. The highest BCUT2D eigenvalue weighted by molar-refractivity contribution is 5.95. The summed E-state index contributed by atoms with van der Waals surface area (Å²) >= 11 is 0. The molecule has 2 heterocycles. The summed E-state index contributed by atoms with van der Waals surface area (Å²) in [5, 5.41) is 9.92.